The second kappa shape index (κ2) is 6.81. The van der Waals surface area contributed by atoms with E-state index in [0.717, 1.165) is 10.9 Å². The number of carbonyl (C=O) groups excluding carboxylic acids is 1. The van der Waals surface area contributed by atoms with Crippen LogP contribution in [0.4, 0.5) is 5.69 Å². The standard InChI is InChI=1S/C17H12Cl2N2O2S/c1-9-11-4-2-3-5-14(11)23-15(9)16(22)21-17(24)20-13-7-6-10(18)8-12(13)19/h2-8H,1H3,(H2,20,21,22,24). The lowest BCUT2D eigenvalue weighted by molar-refractivity contribution is 0.0952. The lowest BCUT2D eigenvalue weighted by Gasteiger charge is -2.10. The number of fused-ring (bicyclic) bond motifs is 1. The molecule has 2 aromatic carbocycles. The van der Waals surface area contributed by atoms with Crippen LogP contribution in [0.25, 0.3) is 11.0 Å². The van der Waals surface area contributed by atoms with Gasteiger partial charge < -0.3 is 9.73 Å². The van der Waals surface area contributed by atoms with E-state index >= 15 is 0 Å². The highest BCUT2D eigenvalue weighted by molar-refractivity contribution is 7.80. The van der Waals surface area contributed by atoms with E-state index in [9.17, 15) is 4.79 Å². The zero-order chi connectivity index (χ0) is 17.3. The molecular weight excluding hydrogens is 367 g/mol. The van der Waals surface area contributed by atoms with E-state index in [1.54, 1.807) is 18.2 Å². The maximum atomic E-state index is 12.4. The van der Waals surface area contributed by atoms with E-state index in [2.05, 4.69) is 10.6 Å². The van der Waals surface area contributed by atoms with Crippen LogP contribution in [0.1, 0.15) is 16.1 Å². The van der Waals surface area contributed by atoms with Crippen LogP contribution in [0.5, 0.6) is 0 Å². The summed E-state index contributed by atoms with van der Waals surface area (Å²) in [5, 5.41) is 7.36. The SMILES string of the molecule is Cc1c(C(=O)NC(=S)Nc2ccc(Cl)cc2Cl)oc2ccccc12. The number of anilines is 1. The number of hydrogen-bond donors (Lipinski definition) is 2. The molecule has 0 saturated heterocycles. The Hall–Kier alpha value is -2.08. The highest BCUT2D eigenvalue weighted by atomic mass is 35.5. The number of benzene rings is 2. The first kappa shape index (κ1) is 16.8. The van der Waals surface area contributed by atoms with Crippen molar-refractivity contribution in [3.8, 4) is 0 Å². The molecule has 0 aliphatic rings. The summed E-state index contributed by atoms with van der Waals surface area (Å²) in [6.07, 6.45) is 0. The van der Waals surface area contributed by atoms with Gasteiger partial charge in [-0.25, -0.2) is 0 Å². The van der Waals surface area contributed by atoms with E-state index in [1.807, 2.05) is 31.2 Å². The number of amides is 1. The quantitative estimate of drug-likeness (QED) is 0.603. The summed E-state index contributed by atoms with van der Waals surface area (Å²) >= 11 is 17.1. The number of para-hydroxylation sites is 1. The molecule has 122 valence electrons. The van der Waals surface area contributed by atoms with Crippen molar-refractivity contribution < 1.29 is 9.21 Å². The number of aryl methyl sites for hydroxylation is 1. The molecule has 1 amide bonds. The minimum Gasteiger partial charge on any atom is -0.451 e. The van der Waals surface area contributed by atoms with Gasteiger partial charge in [-0.3, -0.25) is 10.1 Å². The molecule has 0 fully saturated rings. The number of nitrogens with one attached hydrogen (secondary N) is 2. The van der Waals surface area contributed by atoms with Crippen molar-refractivity contribution in [1.29, 1.82) is 0 Å². The van der Waals surface area contributed by atoms with Crippen LogP contribution < -0.4 is 10.6 Å². The fraction of sp³-hybridized carbons (Fsp3) is 0.0588. The summed E-state index contributed by atoms with van der Waals surface area (Å²) in [4.78, 5) is 12.4. The molecule has 0 spiro atoms. The number of thiocarbonyl (C=S) groups is 1. The first-order valence-corrected chi connectivity index (χ1v) is 8.17. The molecule has 0 aliphatic carbocycles. The summed E-state index contributed by atoms with van der Waals surface area (Å²) < 4.78 is 5.61. The predicted molar refractivity (Wildman–Crippen MR) is 101 cm³/mol. The third kappa shape index (κ3) is 3.38. The number of furan rings is 1. The summed E-state index contributed by atoms with van der Waals surface area (Å²) in [7, 11) is 0. The normalized spacial score (nSPS) is 10.6. The summed E-state index contributed by atoms with van der Waals surface area (Å²) in [5.74, 6) is -0.200. The van der Waals surface area contributed by atoms with Crippen LogP contribution in [-0.2, 0) is 0 Å². The van der Waals surface area contributed by atoms with Gasteiger partial charge in [0.05, 0.1) is 10.7 Å². The van der Waals surface area contributed by atoms with E-state index in [1.165, 1.54) is 0 Å². The Morgan fingerprint density at radius 1 is 1.17 bits per heavy atom. The topological polar surface area (TPSA) is 54.3 Å². The fourth-order valence-electron chi connectivity index (χ4n) is 2.30. The average Bonchev–Trinajstić information content (AvgIpc) is 2.88. The maximum Gasteiger partial charge on any atom is 0.293 e. The largest absolute Gasteiger partial charge is 0.451 e. The smallest absolute Gasteiger partial charge is 0.293 e. The van der Waals surface area contributed by atoms with E-state index in [4.69, 9.17) is 39.8 Å². The molecule has 0 bridgehead atoms. The molecule has 24 heavy (non-hydrogen) atoms. The Bertz CT molecular complexity index is 953. The second-order valence-electron chi connectivity index (χ2n) is 5.08. The molecule has 0 aliphatic heterocycles. The van der Waals surface area contributed by atoms with Crippen molar-refractivity contribution in [2.75, 3.05) is 5.32 Å². The van der Waals surface area contributed by atoms with Crippen LogP contribution in [-0.4, -0.2) is 11.0 Å². The minimum atomic E-state index is -0.425. The van der Waals surface area contributed by atoms with Crippen molar-refractivity contribution in [3.63, 3.8) is 0 Å². The zero-order valence-electron chi connectivity index (χ0n) is 12.5. The Labute approximate surface area is 153 Å². The van der Waals surface area contributed by atoms with Crippen molar-refractivity contribution in [2.45, 2.75) is 6.92 Å². The molecule has 1 heterocycles. The molecule has 3 aromatic rings. The van der Waals surface area contributed by atoms with Gasteiger partial charge in [-0.2, -0.15) is 0 Å². The van der Waals surface area contributed by atoms with E-state index < -0.39 is 5.91 Å². The molecule has 0 unspecified atom stereocenters. The molecule has 3 rings (SSSR count). The third-order valence-corrected chi connectivity index (χ3v) is 4.21. The van der Waals surface area contributed by atoms with Crippen LogP contribution in [0, 0.1) is 6.92 Å². The molecule has 2 N–H and O–H groups in total. The summed E-state index contributed by atoms with van der Waals surface area (Å²) in [5.41, 5.74) is 1.96. The van der Waals surface area contributed by atoms with Crippen molar-refractivity contribution in [2.24, 2.45) is 0 Å². The van der Waals surface area contributed by atoms with Gasteiger partial charge in [0.1, 0.15) is 5.58 Å². The number of hydrogen-bond acceptors (Lipinski definition) is 3. The molecule has 0 radical (unpaired) electrons. The van der Waals surface area contributed by atoms with Gasteiger partial charge in [0.15, 0.2) is 10.9 Å². The van der Waals surface area contributed by atoms with Crippen LogP contribution in [0.2, 0.25) is 10.0 Å². The highest BCUT2D eigenvalue weighted by Gasteiger charge is 2.18. The molecule has 4 nitrogen and oxygen atoms in total. The van der Waals surface area contributed by atoms with Crippen molar-refractivity contribution in [1.82, 2.24) is 5.32 Å². The van der Waals surface area contributed by atoms with Gasteiger partial charge in [0, 0.05) is 16.0 Å². The average molecular weight is 379 g/mol. The highest BCUT2D eigenvalue weighted by Crippen LogP contribution is 2.26. The maximum absolute atomic E-state index is 12.4. The minimum absolute atomic E-state index is 0.115. The Morgan fingerprint density at radius 2 is 1.92 bits per heavy atom. The number of rotatable bonds is 2. The first-order chi connectivity index (χ1) is 11.5. The number of carbonyl (C=O) groups is 1. The second-order valence-corrected chi connectivity index (χ2v) is 6.34. The van der Waals surface area contributed by atoms with Gasteiger partial charge in [-0.1, -0.05) is 41.4 Å². The summed E-state index contributed by atoms with van der Waals surface area (Å²) in [6.45, 7) is 1.83. The lowest BCUT2D eigenvalue weighted by Crippen LogP contribution is -2.34. The van der Waals surface area contributed by atoms with E-state index in [0.29, 0.717) is 21.3 Å². The van der Waals surface area contributed by atoms with Gasteiger partial charge >= 0.3 is 0 Å². The Morgan fingerprint density at radius 3 is 2.62 bits per heavy atom. The van der Waals surface area contributed by atoms with Crippen molar-refractivity contribution in [3.05, 3.63) is 63.8 Å². The van der Waals surface area contributed by atoms with Crippen LogP contribution >= 0.6 is 35.4 Å². The fourth-order valence-corrected chi connectivity index (χ4v) is 2.95. The Kier molecular flexibility index (Phi) is 4.76. The van der Waals surface area contributed by atoms with Crippen LogP contribution in [0.15, 0.2) is 46.9 Å². The molecule has 0 saturated carbocycles. The predicted octanol–water partition coefficient (Wildman–Crippen LogP) is 5.17. The van der Waals surface area contributed by atoms with Crippen LogP contribution in [0.3, 0.4) is 0 Å². The summed E-state index contributed by atoms with van der Waals surface area (Å²) in [6, 6.07) is 12.4. The zero-order valence-corrected chi connectivity index (χ0v) is 14.9. The third-order valence-electron chi connectivity index (χ3n) is 3.46. The molecule has 7 heteroatoms. The van der Waals surface area contributed by atoms with E-state index in [-0.39, 0.29) is 10.9 Å². The van der Waals surface area contributed by atoms with Gasteiger partial charge in [0.2, 0.25) is 0 Å². The molecule has 1 aromatic heterocycles. The molecule has 0 atom stereocenters. The van der Waals surface area contributed by atoms with Crippen molar-refractivity contribution >= 4 is 63.1 Å². The van der Waals surface area contributed by atoms with Gasteiger partial charge in [-0.05, 0) is 43.4 Å². The monoisotopic (exact) mass is 378 g/mol. The van der Waals surface area contributed by atoms with Gasteiger partial charge in [-0.15, -0.1) is 0 Å². The number of halogens is 2. The first-order valence-electron chi connectivity index (χ1n) is 7.01. The Balaban J connectivity index is 1.76. The van der Waals surface area contributed by atoms with Gasteiger partial charge in [0.25, 0.3) is 5.91 Å². The lowest BCUT2D eigenvalue weighted by atomic mass is 10.1. The molecular formula is C17H12Cl2N2O2S.